The van der Waals surface area contributed by atoms with E-state index in [0.29, 0.717) is 0 Å². The number of phosphoric ester groups is 3. The molecule has 7 rings (SSSR count). The molecular weight excluding hydrogens is 1530 g/mol. The maximum Gasteiger partial charge on any atom is 0.481 e. The normalized spacial score (nSPS) is 45.6. The molecule has 7 aliphatic heterocycles. The zero-order valence-corrected chi connectivity index (χ0v) is 57.5. The Morgan fingerprint density at radius 1 is 0.415 bits per heavy atom. The Labute approximate surface area is 596 Å². The monoisotopic (exact) mass is 1630 g/mol. The SMILES string of the molecule is NCCOP(=O)(O)O[C@@H](CO)[C@H]1O[C@H](O[C@@H]2[C@H](O)[C@@H](O[C@H]3[C@@H]([C@H](O)CO)O[C@@](O)(C(=O)O)C[C@H]3OP(=O)(O)OP(=O)(O)OCCN)O[C@H]([C@@H](O)CO)[C@H]2O[C@@H]2O[C@H](CO)[C@@H](O)[C@H](O)[C@H]2O)[C@@H](O[C@H]2O[C@H]([C@@H](O)CO)[C@@H](O)[C@H](O)[C@@H]2O[C@@H]2O[C@H](CO)[C@@H](O[C@@H]3O[C@H](CO)[C@H](O)[C@H](O)[C@H]3O)[C@H](O)[C@H]2O)[C@@H](O)[C@@H]1O. The minimum atomic E-state index is -6.31. The highest BCUT2D eigenvalue weighted by Gasteiger charge is 2.63. The molecule has 7 saturated heterocycles. The average molecular weight is 1630 g/mol. The van der Waals surface area contributed by atoms with Crippen molar-refractivity contribution >= 4 is 29.4 Å². The lowest BCUT2D eigenvalue weighted by molar-refractivity contribution is -0.420. The van der Waals surface area contributed by atoms with Crippen molar-refractivity contribution in [2.24, 2.45) is 11.5 Å². The van der Waals surface area contributed by atoms with E-state index in [1.165, 1.54) is 0 Å². The summed E-state index contributed by atoms with van der Waals surface area (Å²) >= 11 is 0. The number of rotatable bonds is 36. The number of aliphatic hydroxyl groups is 24. The zero-order chi connectivity index (χ0) is 79.2. The summed E-state index contributed by atoms with van der Waals surface area (Å²) < 4.78 is 138. The van der Waals surface area contributed by atoms with Gasteiger partial charge in [-0.2, -0.15) is 4.31 Å². The molecule has 0 amide bonds. The van der Waals surface area contributed by atoms with Gasteiger partial charge in [0, 0.05) is 19.5 Å². The predicted molar refractivity (Wildman–Crippen MR) is 319 cm³/mol. The summed E-state index contributed by atoms with van der Waals surface area (Å²) in [5.41, 5.74) is 10.7. The number of hydrogen-bond donors (Lipinski definition) is 30. The number of phosphoric acid groups is 3. The standard InChI is InChI=1S/C51H93N2O50P3/c52-1-3-86-104(80,81)102-20(12-60)38-26(69)28(71)42(98-48-41(27(70)25(68)34(91-48)13(61)6-54)97-46-32(75)29(72)37(19(11-59)90-46)93-44-30(73)23(66)21(64)17(9-57)88-44)49(94-38)96-40-33(76)47(92-35(14(62)7-55)43(40)99-45-31(74)24(67)22(65)18(10-58)89-45)95-39-16(101-106(84,85)103-105(82,83)87-4-2-53)5-51(79,50(77)78)100-36(39)15(63)8-56/h13-49,54-76,79H,1-12,52-53H2,(H,77,78)(H,80,81)(H,82,83)(H,84,85)/t13-,14-,15+,16+,17+,18+,19+,20-,21-,22+,23-,24-,25-,26-,27-,28-,29+,30+,31+,32+,33-,34+,35+,36+,37+,38+,39+,40+,41-,42-,43+,44-,45-,46-,47+,48+,49+,51+/m0/s1. The summed E-state index contributed by atoms with van der Waals surface area (Å²) in [5.74, 6) is -6.13. The number of aliphatic carboxylic acids is 1. The fraction of sp³-hybridized carbons (Fsp3) is 0.980. The first-order chi connectivity index (χ1) is 49.7. The van der Waals surface area contributed by atoms with Crippen molar-refractivity contribution in [3.8, 4) is 0 Å². The molecule has 55 heteroatoms. The third kappa shape index (κ3) is 21.2. The van der Waals surface area contributed by atoms with Gasteiger partial charge in [-0.1, -0.05) is 0 Å². The van der Waals surface area contributed by atoms with E-state index in [-0.39, 0.29) is 0 Å². The first kappa shape index (κ1) is 91.5. The second kappa shape index (κ2) is 39.1. The van der Waals surface area contributed by atoms with Crippen molar-refractivity contribution in [1.29, 1.82) is 0 Å². The summed E-state index contributed by atoms with van der Waals surface area (Å²) in [6.07, 6.45) is -93.9. The molecule has 0 radical (unpaired) electrons. The number of carboxylic acids is 1. The smallest absolute Gasteiger partial charge is 0.477 e. The van der Waals surface area contributed by atoms with Crippen molar-refractivity contribution in [1.82, 2.24) is 0 Å². The van der Waals surface area contributed by atoms with Gasteiger partial charge in [0.1, 0.15) is 189 Å². The van der Waals surface area contributed by atoms with E-state index >= 15 is 0 Å². The molecule has 106 heavy (non-hydrogen) atoms. The molecule has 3 unspecified atom stereocenters. The van der Waals surface area contributed by atoms with Crippen molar-refractivity contribution < 1.29 is 245 Å². The highest BCUT2D eigenvalue weighted by molar-refractivity contribution is 7.61. The van der Waals surface area contributed by atoms with Crippen molar-refractivity contribution in [3.05, 3.63) is 0 Å². The Bertz CT molecular complexity index is 2860. The third-order valence-electron chi connectivity index (χ3n) is 17.6. The topological polar surface area (TPSA) is 853 Å². The lowest BCUT2D eigenvalue weighted by Crippen LogP contribution is -2.71. The van der Waals surface area contributed by atoms with Crippen LogP contribution in [0, 0.1) is 0 Å². The molecule has 622 valence electrons. The van der Waals surface area contributed by atoms with Gasteiger partial charge in [-0.05, 0) is 0 Å². The van der Waals surface area contributed by atoms with Crippen LogP contribution in [0.5, 0.6) is 0 Å². The maximum absolute atomic E-state index is 13.6. The van der Waals surface area contributed by atoms with Gasteiger partial charge in [0.05, 0.1) is 59.5 Å². The maximum atomic E-state index is 13.6. The second-order valence-electron chi connectivity index (χ2n) is 24.9. The van der Waals surface area contributed by atoms with Gasteiger partial charge >= 0.3 is 29.4 Å². The van der Waals surface area contributed by atoms with Gasteiger partial charge in [0.25, 0.3) is 5.79 Å². The molecule has 0 aromatic carbocycles. The molecular formula is C51H93N2O50P3. The van der Waals surface area contributed by atoms with E-state index in [0.717, 1.165) is 0 Å². The summed E-state index contributed by atoms with van der Waals surface area (Å²) in [7, 11) is -17.6. The van der Waals surface area contributed by atoms with Crippen LogP contribution in [0.15, 0.2) is 0 Å². The molecule has 7 heterocycles. The minimum absolute atomic E-state index is 0.474. The second-order valence-corrected chi connectivity index (χ2v) is 29.3. The van der Waals surface area contributed by atoms with Crippen LogP contribution in [0.25, 0.3) is 0 Å². The Balaban J connectivity index is 1.38. The predicted octanol–water partition coefficient (Wildman–Crippen LogP) is -18.0. The molecule has 0 bridgehead atoms. The minimum Gasteiger partial charge on any atom is -0.477 e. The van der Waals surface area contributed by atoms with E-state index < -0.39 is 341 Å². The number of carboxylic acid groups (broad SMARTS) is 1. The largest absolute Gasteiger partial charge is 0.481 e. The molecule has 0 aliphatic carbocycles. The summed E-state index contributed by atoms with van der Waals surface area (Å²) in [6, 6.07) is 0. The van der Waals surface area contributed by atoms with Crippen molar-refractivity contribution in [2.45, 2.75) is 239 Å². The zero-order valence-electron chi connectivity index (χ0n) is 54.8. The van der Waals surface area contributed by atoms with E-state index in [4.69, 9.17) is 86.6 Å². The average Bonchev–Trinajstić information content (AvgIpc) is 0.835. The van der Waals surface area contributed by atoms with Gasteiger partial charge in [-0.15, -0.1) is 0 Å². The molecule has 52 nitrogen and oxygen atoms in total. The van der Waals surface area contributed by atoms with Crippen LogP contribution in [0.2, 0.25) is 0 Å². The number of carbonyl (C=O) groups is 1. The van der Waals surface area contributed by atoms with E-state index in [1.807, 2.05) is 0 Å². The number of nitrogens with two attached hydrogens (primary N) is 2. The van der Waals surface area contributed by atoms with Crippen molar-refractivity contribution in [2.75, 3.05) is 72.6 Å². The molecule has 7 aliphatic rings. The van der Waals surface area contributed by atoms with Crippen molar-refractivity contribution in [3.63, 3.8) is 0 Å². The number of ether oxygens (including phenoxy) is 13. The summed E-state index contributed by atoms with van der Waals surface area (Å²) in [4.78, 5) is 44.5. The van der Waals surface area contributed by atoms with E-state index in [9.17, 15) is 161 Å². The lowest BCUT2D eigenvalue weighted by Gasteiger charge is -2.52. The van der Waals surface area contributed by atoms with E-state index in [2.05, 4.69) is 8.83 Å². The van der Waals surface area contributed by atoms with Crippen LogP contribution in [-0.4, -0.2) is 454 Å². The Kier molecular flexibility index (Phi) is 33.7. The molecule has 0 spiro atoms. The highest BCUT2D eigenvalue weighted by Crippen LogP contribution is 2.62. The highest BCUT2D eigenvalue weighted by atomic mass is 31.3. The molecule has 7 fully saturated rings. The van der Waals surface area contributed by atoms with Gasteiger partial charge in [-0.3, -0.25) is 18.1 Å². The molecule has 0 saturated carbocycles. The fourth-order valence-corrected chi connectivity index (χ4v) is 15.3. The molecule has 41 atom stereocenters. The van der Waals surface area contributed by atoms with Gasteiger partial charge < -0.3 is 215 Å². The van der Waals surface area contributed by atoms with Crippen LogP contribution < -0.4 is 11.5 Å². The first-order valence-electron chi connectivity index (χ1n) is 32.1. The fourth-order valence-electron chi connectivity index (χ4n) is 12.1. The Morgan fingerprint density at radius 3 is 1.28 bits per heavy atom. The Morgan fingerprint density at radius 2 is 0.802 bits per heavy atom. The lowest BCUT2D eigenvalue weighted by atomic mass is 9.91. The van der Waals surface area contributed by atoms with Crippen LogP contribution in [0.3, 0.4) is 0 Å². The Hall–Kier alpha value is -1.72. The summed E-state index contributed by atoms with van der Waals surface area (Å²) in [6.45, 7) is -12.1. The van der Waals surface area contributed by atoms with Crippen LogP contribution >= 0.6 is 23.5 Å². The summed E-state index contributed by atoms with van der Waals surface area (Å²) in [5, 5.41) is 276. The number of aliphatic hydroxyl groups excluding tert-OH is 23. The third-order valence-corrected chi connectivity index (χ3v) is 21.3. The molecule has 0 aromatic rings. The van der Waals surface area contributed by atoms with E-state index in [1.54, 1.807) is 0 Å². The van der Waals surface area contributed by atoms with Crippen LogP contribution in [-0.2, 0) is 102 Å². The van der Waals surface area contributed by atoms with Crippen LogP contribution in [0.4, 0.5) is 0 Å². The van der Waals surface area contributed by atoms with Gasteiger partial charge in [0.15, 0.2) is 37.7 Å². The van der Waals surface area contributed by atoms with Gasteiger partial charge in [0.2, 0.25) is 0 Å². The number of hydrogen-bond acceptors (Lipinski definition) is 48. The molecule has 0 aromatic heterocycles. The van der Waals surface area contributed by atoms with Gasteiger partial charge in [-0.25, -0.2) is 18.5 Å². The van der Waals surface area contributed by atoms with Crippen LogP contribution in [0.1, 0.15) is 6.42 Å². The first-order valence-corrected chi connectivity index (χ1v) is 36.6. The molecule has 32 N–H and O–H groups in total. The quantitative estimate of drug-likeness (QED) is 0.0259.